The van der Waals surface area contributed by atoms with E-state index in [1.54, 1.807) is 11.8 Å². The molecule has 0 bridgehead atoms. The molecule has 0 atom stereocenters. The summed E-state index contributed by atoms with van der Waals surface area (Å²) in [5, 5.41) is 9.09. The summed E-state index contributed by atoms with van der Waals surface area (Å²) in [5.41, 5.74) is 0. The fourth-order valence-electron chi connectivity index (χ4n) is 1.62. The number of hydrogen-bond acceptors (Lipinski definition) is 3. The van der Waals surface area contributed by atoms with Crippen LogP contribution in [-0.4, -0.2) is 35.5 Å². The smallest absolute Gasteiger partial charge is 0.104 e. The van der Waals surface area contributed by atoms with Gasteiger partial charge in [-0.3, -0.25) is 4.90 Å². The van der Waals surface area contributed by atoms with Crippen molar-refractivity contribution in [2.24, 2.45) is 0 Å². The highest BCUT2D eigenvalue weighted by atomic mass is 32.2. The molecule has 1 saturated heterocycles. The summed E-state index contributed by atoms with van der Waals surface area (Å²) in [6, 6.07) is 2.44. The summed E-state index contributed by atoms with van der Waals surface area (Å²) in [6.45, 7) is 4.73. The number of likely N-dealkylation sites (tertiary alicyclic amines) is 1. The van der Waals surface area contributed by atoms with Crippen LogP contribution in [-0.2, 0) is 0 Å². The van der Waals surface area contributed by atoms with Gasteiger partial charge in [0.05, 0.1) is 12.6 Å². The molecule has 1 aliphatic rings. The largest absolute Gasteiger partial charge is 0.292 e. The van der Waals surface area contributed by atoms with E-state index in [1.165, 1.54) is 0 Å². The van der Waals surface area contributed by atoms with Crippen molar-refractivity contribution in [3.8, 4) is 17.9 Å². The molecule has 0 aromatic heterocycles. The minimum absolute atomic E-state index is 0.129. The quantitative estimate of drug-likeness (QED) is 0.647. The molecule has 76 valence electrons. The predicted octanol–water partition coefficient (Wildman–Crippen LogP) is 1.73. The van der Waals surface area contributed by atoms with Gasteiger partial charge < -0.3 is 0 Å². The van der Waals surface area contributed by atoms with E-state index in [0.717, 1.165) is 32.5 Å². The highest BCUT2D eigenvalue weighted by molar-refractivity contribution is 8.00. The molecule has 1 rings (SSSR count). The van der Waals surface area contributed by atoms with Crippen molar-refractivity contribution in [2.75, 3.05) is 25.9 Å². The monoisotopic (exact) mass is 208 g/mol. The Morgan fingerprint density at radius 1 is 1.43 bits per heavy atom. The summed E-state index contributed by atoms with van der Waals surface area (Å²) >= 11 is 1.70. The molecule has 0 N–H and O–H groups in total. The normalized spacial score (nSPS) is 20.6. The summed E-state index contributed by atoms with van der Waals surface area (Å²) < 4.78 is -0.129. The molecule has 0 radical (unpaired) electrons. The minimum Gasteiger partial charge on any atom is -0.292 e. The van der Waals surface area contributed by atoms with Gasteiger partial charge in [0, 0.05) is 13.1 Å². The Morgan fingerprint density at radius 2 is 2.07 bits per heavy atom. The van der Waals surface area contributed by atoms with Gasteiger partial charge >= 0.3 is 0 Å². The van der Waals surface area contributed by atoms with Crippen LogP contribution in [0, 0.1) is 23.2 Å². The van der Waals surface area contributed by atoms with Crippen molar-refractivity contribution in [1.29, 1.82) is 5.26 Å². The molecule has 2 nitrogen and oxygen atoms in total. The van der Waals surface area contributed by atoms with E-state index in [2.05, 4.69) is 22.8 Å². The molecular weight excluding hydrogens is 192 g/mol. The first kappa shape index (κ1) is 11.4. The second-order valence-corrected chi connectivity index (χ2v) is 4.70. The fourth-order valence-corrected chi connectivity index (χ4v) is 2.31. The van der Waals surface area contributed by atoms with E-state index in [4.69, 9.17) is 5.26 Å². The number of rotatable bonds is 2. The lowest BCUT2D eigenvalue weighted by molar-refractivity contribution is 0.241. The molecule has 0 aromatic carbocycles. The zero-order chi connectivity index (χ0) is 10.4. The Labute approximate surface area is 90.7 Å². The van der Waals surface area contributed by atoms with Crippen molar-refractivity contribution < 1.29 is 0 Å². The Hall–Kier alpha value is -0.640. The maximum Gasteiger partial charge on any atom is 0.104 e. The van der Waals surface area contributed by atoms with Gasteiger partial charge in [-0.15, -0.1) is 17.7 Å². The van der Waals surface area contributed by atoms with Crippen LogP contribution in [0.25, 0.3) is 0 Å². The summed E-state index contributed by atoms with van der Waals surface area (Å²) in [7, 11) is 0. The third-order valence-corrected chi connectivity index (χ3v) is 4.02. The molecule has 1 fully saturated rings. The van der Waals surface area contributed by atoms with Gasteiger partial charge in [0.15, 0.2) is 0 Å². The first-order valence-electron chi connectivity index (χ1n) is 4.85. The zero-order valence-electron chi connectivity index (χ0n) is 8.84. The molecule has 0 aromatic rings. The van der Waals surface area contributed by atoms with E-state index in [9.17, 15) is 0 Å². The van der Waals surface area contributed by atoms with E-state index in [0.29, 0.717) is 0 Å². The first-order chi connectivity index (χ1) is 6.76. The fraction of sp³-hybridized carbons (Fsp3) is 0.727. The van der Waals surface area contributed by atoms with Gasteiger partial charge in [-0.2, -0.15) is 5.26 Å². The van der Waals surface area contributed by atoms with Gasteiger partial charge in [0.1, 0.15) is 4.75 Å². The second kappa shape index (κ2) is 5.29. The molecule has 0 aliphatic carbocycles. The maximum atomic E-state index is 9.09. The standard InChI is InChI=1S/C11H16N2S/c1-3-4-7-13-8-5-11(10-12,14-2)6-9-13/h5-9H2,1-2H3. The number of thioether (sulfide) groups is 1. The second-order valence-electron chi connectivity index (χ2n) is 3.51. The first-order valence-corrected chi connectivity index (χ1v) is 6.07. The van der Waals surface area contributed by atoms with E-state index in [1.807, 2.05) is 13.2 Å². The van der Waals surface area contributed by atoms with Gasteiger partial charge in [0.2, 0.25) is 0 Å². The molecule has 3 heteroatoms. The van der Waals surface area contributed by atoms with E-state index < -0.39 is 0 Å². The van der Waals surface area contributed by atoms with Crippen LogP contribution in [0.2, 0.25) is 0 Å². The SMILES string of the molecule is CC#CCN1CCC(C#N)(SC)CC1. The number of hydrogen-bond donors (Lipinski definition) is 0. The molecule has 0 saturated carbocycles. The highest BCUT2D eigenvalue weighted by Gasteiger charge is 2.33. The minimum atomic E-state index is -0.129. The van der Waals surface area contributed by atoms with Crippen molar-refractivity contribution in [3.05, 3.63) is 0 Å². The molecular formula is C11H16N2S. The number of piperidine rings is 1. The van der Waals surface area contributed by atoms with Crippen LogP contribution in [0.5, 0.6) is 0 Å². The lowest BCUT2D eigenvalue weighted by Crippen LogP contribution is -2.41. The average Bonchev–Trinajstić information content (AvgIpc) is 2.27. The highest BCUT2D eigenvalue weighted by Crippen LogP contribution is 2.33. The molecule has 14 heavy (non-hydrogen) atoms. The van der Waals surface area contributed by atoms with Gasteiger partial charge in [-0.1, -0.05) is 5.92 Å². The predicted molar refractivity (Wildman–Crippen MR) is 61.0 cm³/mol. The van der Waals surface area contributed by atoms with Crippen molar-refractivity contribution in [2.45, 2.75) is 24.5 Å². The van der Waals surface area contributed by atoms with Crippen LogP contribution in [0.15, 0.2) is 0 Å². The Morgan fingerprint density at radius 3 is 2.50 bits per heavy atom. The van der Waals surface area contributed by atoms with E-state index in [-0.39, 0.29) is 4.75 Å². The van der Waals surface area contributed by atoms with Crippen molar-refractivity contribution in [3.63, 3.8) is 0 Å². The Bertz CT molecular complexity index is 274. The van der Waals surface area contributed by atoms with Crippen molar-refractivity contribution >= 4 is 11.8 Å². The summed E-state index contributed by atoms with van der Waals surface area (Å²) in [6.07, 6.45) is 3.97. The summed E-state index contributed by atoms with van der Waals surface area (Å²) in [4.78, 5) is 2.32. The number of nitriles is 1. The molecule has 1 heterocycles. The van der Waals surface area contributed by atoms with Gasteiger partial charge in [0.25, 0.3) is 0 Å². The average molecular weight is 208 g/mol. The van der Waals surface area contributed by atoms with Crippen LogP contribution in [0.1, 0.15) is 19.8 Å². The van der Waals surface area contributed by atoms with Crippen LogP contribution < -0.4 is 0 Å². The third kappa shape index (κ3) is 2.67. The molecule has 0 unspecified atom stereocenters. The lowest BCUT2D eigenvalue weighted by atomic mass is 9.97. The number of nitrogens with zero attached hydrogens (tertiary/aromatic N) is 2. The van der Waals surface area contributed by atoms with Gasteiger partial charge in [-0.25, -0.2) is 0 Å². The molecule has 1 aliphatic heterocycles. The Balaban J connectivity index is 2.44. The van der Waals surface area contributed by atoms with Gasteiger partial charge in [-0.05, 0) is 26.0 Å². The van der Waals surface area contributed by atoms with Crippen LogP contribution >= 0.6 is 11.8 Å². The Kier molecular flexibility index (Phi) is 4.32. The van der Waals surface area contributed by atoms with E-state index >= 15 is 0 Å². The topological polar surface area (TPSA) is 27.0 Å². The maximum absolute atomic E-state index is 9.09. The molecule has 0 spiro atoms. The lowest BCUT2D eigenvalue weighted by Gasteiger charge is -2.35. The van der Waals surface area contributed by atoms with Crippen LogP contribution in [0.4, 0.5) is 0 Å². The third-order valence-electron chi connectivity index (χ3n) is 2.74. The zero-order valence-corrected chi connectivity index (χ0v) is 9.65. The van der Waals surface area contributed by atoms with Crippen molar-refractivity contribution in [1.82, 2.24) is 4.90 Å². The summed E-state index contributed by atoms with van der Waals surface area (Å²) in [5.74, 6) is 5.97. The molecule has 0 amide bonds. The van der Waals surface area contributed by atoms with Crippen LogP contribution in [0.3, 0.4) is 0 Å².